The van der Waals surface area contributed by atoms with Crippen molar-refractivity contribution in [1.29, 1.82) is 0 Å². The van der Waals surface area contributed by atoms with Crippen LogP contribution in [0.15, 0.2) is 47.3 Å². The van der Waals surface area contributed by atoms with Gasteiger partial charge in [-0.2, -0.15) is 0 Å². The number of aromatic nitrogens is 1. The lowest BCUT2D eigenvalue weighted by molar-refractivity contribution is 0.0783. The molecule has 1 atom stereocenters. The summed E-state index contributed by atoms with van der Waals surface area (Å²) in [4.78, 5) is 25.9. The highest BCUT2D eigenvalue weighted by molar-refractivity contribution is 6.08. The molecule has 4 rings (SSSR count). The first-order chi connectivity index (χ1) is 13.9. The Hall–Kier alpha value is -3.06. The van der Waals surface area contributed by atoms with E-state index in [4.69, 9.17) is 0 Å². The maximum absolute atomic E-state index is 14.5. The number of aliphatic hydroxyl groups is 1. The fourth-order valence-electron chi connectivity index (χ4n) is 3.59. The number of pyridine rings is 1. The molecule has 3 aromatic rings. The monoisotopic (exact) mass is 398 g/mol. The van der Waals surface area contributed by atoms with E-state index in [-0.39, 0.29) is 21.9 Å². The van der Waals surface area contributed by atoms with Crippen LogP contribution in [0.1, 0.15) is 40.7 Å². The smallest absolute Gasteiger partial charge is 0.261 e. The van der Waals surface area contributed by atoms with E-state index >= 15 is 0 Å². The second-order valence-corrected chi connectivity index (χ2v) is 7.41. The van der Waals surface area contributed by atoms with E-state index in [1.165, 1.54) is 41.0 Å². The van der Waals surface area contributed by atoms with Crippen LogP contribution in [0.4, 0.5) is 8.78 Å². The molecule has 0 unspecified atom stereocenters. The number of carbonyl (C=O) groups excluding carboxylic acids is 1. The SMILES string of the molecule is Cc1c(C(=O)N[C@@H](O)c2cccc(F)c2)c2cccc(F)c2c(=O)n1CC1CC1. The largest absolute Gasteiger partial charge is 0.369 e. The van der Waals surface area contributed by atoms with E-state index in [0.717, 1.165) is 18.9 Å². The van der Waals surface area contributed by atoms with Crippen LogP contribution in [0.3, 0.4) is 0 Å². The fraction of sp³-hybridized carbons (Fsp3) is 0.273. The number of rotatable bonds is 5. The second-order valence-electron chi connectivity index (χ2n) is 7.41. The Bertz CT molecular complexity index is 1170. The van der Waals surface area contributed by atoms with E-state index in [2.05, 4.69) is 5.32 Å². The van der Waals surface area contributed by atoms with Crippen molar-refractivity contribution in [1.82, 2.24) is 9.88 Å². The Morgan fingerprint density at radius 1 is 1.24 bits per heavy atom. The van der Waals surface area contributed by atoms with Crippen molar-refractivity contribution in [2.45, 2.75) is 32.5 Å². The third kappa shape index (κ3) is 3.65. The van der Waals surface area contributed by atoms with E-state index in [1.54, 1.807) is 6.92 Å². The molecule has 0 bridgehead atoms. The van der Waals surface area contributed by atoms with Crippen LogP contribution in [-0.4, -0.2) is 15.6 Å². The molecular formula is C22H20F2N2O3. The van der Waals surface area contributed by atoms with Crippen LogP contribution in [0.5, 0.6) is 0 Å². The van der Waals surface area contributed by atoms with Crippen molar-refractivity contribution in [2.75, 3.05) is 0 Å². The van der Waals surface area contributed by atoms with Gasteiger partial charge in [0.1, 0.15) is 11.6 Å². The first kappa shape index (κ1) is 19.3. The molecule has 1 fully saturated rings. The molecule has 1 aliphatic carbocycles. The van der Waals surface area contributed by atoms with Crippen molar-refractivity contribution in [3.63, 3.8) is 0 Å². The number of hydrogen-bond acceptors (Lipinski definition) is 3. The van der Waals surface area contributed by atoms with Gasteiger partial charge in [0, 0.05) is 23.2 Å². The van der Waals surface area contributed by atoms with E-state index in [0.29, 0.717) is 18.2 Å². The number of amides is 1. The summed E-state index contributed by atoms with van der Waals surface area (Å²) < 4.78 is 29.4. The molecule has 29 heavy (non-hydrogen) atoms. The number of hydrogen-bond donors (Lipinski definition) is 2. The normalized spacial score (nSPS) is 14.8. The summed E-state index contributed by atoms with van der Waals surface area (Å²) in [6.45, 7) is 2.05. The predicted molar refractivity (Wildman–Crippen MR) is 104 cm³/mol. The minimum Gasteiger partial charge on any atom is -0.369 e. The number of carbonyl (C=O) groups is 1. The number of halogens is 2. The lowest BCUT2D eigenvalue weighted by atomic mass is 10.0. The van der Waals surface area contributed by atoms with Gasteiger partial charge < -0.3 is 15.0 Å². The Morgan fingerprint density at radius 2 is 1.97 bits per heavy atom. The minimum absolute atomic E-state index is 0.121. The average molecular weight is 398 g/mol. The zero-order chi connectivity index (χ0) is 20.7. The van der Waals surface area contributed by atoms with Crippen LogP contribution < -0.4 is 10.9 Å². The quantitative estimate of drug-likeness (QED) is 0.647. The molecule has 1 aliphatic rings. The number of nitrogens with one attached hydrogen (secondary N) is 1. The van der Waals surface area contributed by atoms with Crippen LogP contribution in [-0.2, 0) is 6.54 Å². The Balaban J connectivity index is 1.80. The molecule has 1 saturated carbocycles. The van der Waals surface area contributed by atoms with Crippen LogP contribution >= 0.6 is 0 Å². The van der Waals surface area contributed by atoms with Crippen molar-refractivity contribution in [3.8, 4) is 0 Å². The number of aliphatic hydroxyl groups excluding tert-OH is 1. The summed E-state index contributed by atoms with van der Waals surface area (Å²) in [5.41, 5.74) is 0.238. The van der Waals surface area contributed by atoms with Gasteiger partial charge in [-0.15, -0.1) is 0 Å². The van der Waals surface area contributed by atoms with Crippen molar-refractivity contribution in [2.24, 2.45) is 5.92 Å². The summed E-state index contributed by atoms with van der Waals surface area (Å²) in [6.07, 6.45) is 0.521. The number of benzene rings is 2. The highest BCUT2D eigenvalue weighted by Crippen LogP contribution is 2.32. The van der Waals surface area contributed by atoms with Crippen molar-refractivity contribution in [3.05, 3.63) is 81.3 Å². The van der Waals surface area contributed by atoms with Crippen LogP contribution in [0.2, 0.25) is 0 Å². The zero-order valence-electron chi connectivity index (χ0n) is 15.8. The van der Waals surface area contributed by atoms with Gasteiger partial charge in [-0.1, -0.05) is 24.3 Å². The summed E-state index contributed by atoms with van der Waals surface area (Å²) >= 11 is 0. The molecule has 1 amide bonds. The van der Waals surface area contributed by atoms with Gasteiger partial charge in [-0.25, -0.2) is 8.78 Å². The summed E-state index contributed by atoms with van der Waals surface area (Å²) in [7, 11) is 0. The first-order valence-corrected chi connectivity index (χ1v) is 9.43. The van der Waals surface area contributed by atoms with Gasteiger partial charge in [-0.05, 0) is 43.9 Å². The number of nitrogens with zero attached hydrogens (tertiary/aromatic N) is 1. The highest BCUT2D eigenvalue weighted by atomic mass is 19.1. The molecular weight excluding hydrogens is 378 g/mol. The summed E-state index contributed by atoms with van der Waals surface area (Å²) in [5, 5.41) is 12.8. The average Bonchev–Trinajstić information content (AvgIpc) is 3.49. The van der Waals surface area contributed by atoms with E-state index < -0.39 is 29.3 Å². The van der Waals surface area contributed by atoms with Gasteiger partial charge in [0.2, 0.25) is 0 Å². The maximum Gasteiger partial charge on any atom is 0.261 e. The Morgan fingerprint density at radius 3 is 2.66 bits per heavy atom. The third-order valence-electron chi connectivity index (χ3n) is 5.31. The molecule has 1 aromatic heterocycles. The summed E-state index contributed by atoms with van der Waals surface area (Å²) in [6, 6.07) is 9.37. The highest BCUT2D eigenvalue weighted by Gasteiger charge is 2.27. The molecule has 0 radical (unpaired) electrons. The van der Waals surface area contributed by atoms with Crippen LogP contribution in [0.25, 0.3) is 10.8 Å². The third-order valence-corrected chi connectivity index (χ3v) is 5.31. The molecule has 0 spiro atoms. The van der Waals surface area contributed by atoms with Gasteiger partial charge in [-0.3, -0.25) is 9.59 Å². The Labute approximate surface area is 165 Å². The summed E-state index contributed by atoms with van der Waals surface area (Å²) in [5.74, 6) is -1.57. The fourth-order valence-corrected chi connectivity index (χ4v) is 3.59. The van der Waals surface area contributed by atoms with Gasteiger partial charge in [0.15, 0.2) is 6.23 Å². The van der Waals surface area contributed by atoms with Gasteiger partial charge >= 0.3 is 0 Å². The lowest BCUT2D eigenvalue weighted by Crippen LogP contribution is -2.33. The lowest BCUT2D eigenvalue weighted by Gasteiger charge is -2.19. The van der Waals surface area contributed by atoms with E-state index in [9.17, 15) is 23.5 Å². The molecule has 0 saturated heterocycles. The molecule has 1 heterocycles. The molecule has 150 valence electrons. The predicted octanol–water partition coefficient (Wildman–Crippen LogP) is 3.42. The van der Waals surface area contributed by atoms with Crippen molar-refractivity contribution < 1.29 is 18.7 Å². The molecule has 5 nitrogen and oxygen atoms in total. The maximum atomic E-state index is 14.5. The zero-order valence-corrected chi connectivity index (χ0v) is 15.8. The molecule has 2 aromatic carbocycles. The van der Waals surface area contributed by atoms with E-state index in [1.807, 2.05) is 0 Å². The first-order valence-electron chi connectivity index (χ1n) is 9.43. The van der Waals surface area contributed by atoms with Gasteiger partial charge in [0.25, 0.3) is 11.5 Å². The minimum atomic E-state index is -1.45. The standard InChI is InChI=1S/C22H20F2N2O3/c1-12-18(21(28)25-20(27)14-4-2-5-15(23)10-14)16-6-3-7-17(24)19(16)22(29)26(12)11-13-8-9-13/h2-7,10,13,20,27H,8-9,11H2,1H3,(H,25,28)/t20-/m0/s1. The molecule has 7 heteroatoms. The Kier molecular flexibility index (Phi) is 4.92. The van der Waals surface area contributed by atoms with Gasteiger partial charge in [0.05, 0.1) is 10.9 Å². The molecule has 0 aliphatic heterocycles. The molecule has 2 N–H and O–H groups in total. The van der Waals surface area contributed by atoms with Crippen LogP contribution in [0, 0.1) is 24.5 Å². The topological polar surface area (TPSA) is 71.3 Å². The second kappa shape index (κ2) is 7.40. The van der Waals surface area contributed by atoms with Crippen molar-refractivity contribution >= 4 is 16.7 Å². The number of fused-ring (bicyclic) bond motifs is 1.